The number of ether oxygens (including phenoxy) is 3. The Labute approximate surface area is 174 Å². The van der Waals surface area contributed by atoms with Gasteiger partial charge in [0.15, 0.2) is 0 Å². The highest BCUT2D eigenvalue weighted by atomic mass is 16.5. The molecule has 1 heterocycles. The van der Waals surface area contributed by atoms with E-state index in [-0.39, 0.29) is 12.5 Å². The summed E-state index contributed by atoms with van der Waals surface area (Å²) in [5.41, 5.74) is 1.48. The van der Waals surface area contributed by atoms with Gasteiger partial charge >= 0.3 is 0 Å². The molecule has 8 heteroatoms. The van der Waals surface area contributed by atoms with Crippen LogP contribution in [-0.2, 0) is 11.3 Å². The Morgan fingerprint density at radius 3 is 2.57 bits per heavy atom. The molecular formula is C22H23N3O5. The van der Waals surface area contributed by atoms with Gasteiger partial charge in [-0.15, -0.1) is 0 Å². The first kappa shape index (κ1) is 20.9. The number of hydrogen-bond donors (Lipinski definition) is 0. The minimum Gasteiger partial charge on any atom is -0.497 e. The van der Waals surface area contributed by atoms with Gasteiger partial charge in [-0.3, -0.25) is 4.79 Å². The van der Waals surface area contributed by atoms with E-state index in [1.165, 1.54) is 11.0 Å². The van der Waals surface area contributed by atoms with Crippen LogP contribution in [-0.4, -0.2) is 49.3 Å². The summed E-state index contributed by atoms with van der Waals surface area (Å²) in [6, 6.07) is 12.8. The molecule has 0 N–H and O–H groups in total. The van der Waals surface area contributed by atoms with E-state index in [1.54, 1.807) is 52.7 Å². The summed E-state index contributed by atoms with van der Waals surface area (Å²) < 4.78 is 21.2. The molecule has 0 radical (unpaired) electrons. The molecule has 30 heavy (non-hydrogen) atoms. The van der Waals surface area contributed by atoms with Gasteiger partial charge in [-0.1, -0.05) is 23.4 Å². The molecule has 0 aliphatic carbocycles. The smallest absolute Gasteiger partial charge is 0.246 e. The molecular weight excluding hydrogens is 386 g/mol. The Bertz CT molecular complexity index is 1040. The van der Waals surface area contributed by atoms with Crippen molar-refractivity contribution in [2.24, 2.45) is 0 Å². The molecule has 156 valence electrons. The Hall–Kier alpha value is -3.81. The van der Waals surface area contributed by atoms with E-state index >= 15 is 0 Å². The normalized spacial score (nSPS) is 10.8. The van der Waals surface area contributed by atoms with Crippen molar-refractivity contribution in [1.82, 2.24) is 15.0 Å². The minimum atomic E-state index is -0.206. The molecule has 1 aromatic heterocycles. The zero-order chi connectivity index (χ0) is 21.5. The van der Waals surface area contributed by atoms with Gasteiger partial charge in [0.25, 0.3) is 0 Å². The van der Waals surface area contributed by atoms with E-state index in [0.717, 1.165) is 5.56 Å². The molecule has 0 atom stereocenters. The first-order valence-corrected chi connectivity index (χ1v) is 9.17. The largest absolute Gasteiger partial charge is 0.497 e. The highest BCUT2D eigenvalue weighted by Crippen LogP contribution is 2.31. The van der Waals surface area contributed by atoms with Crippen LogP contribution in [0.2, 0.25) is 0 Å². The van der Waals surface area contributed by atoms with Crippen molar-refractivity contribution in [2.45, 2.75) is 6.54 Å². The fourth-order valence-corrected chi connectivity index (χ4v) is 2.78. The summed E-state index contributed by atoms with van der Waals surface area (Å²) >= 11 is 0. The number of amides is 1. The monoisotopic (exact) mass is 409 g/mol. The van der Waals surface area contributed by atoms with Crippen molar-refractivity contribution in [3.8, 4) is 28.6 Å². The Balaban J connectivity index is 1.69. The van der Waals surface area contributed by atoms with Gasteiger partial charge in [0.2, 0.25) is 17.6 Å². The first-order chi connectivity index (χ1) is 14.5. The van der Waals surface area contributed by atoms with Crippen molar-refractivity contribution in [2.75, 3.05) is 28.4 Å². The van der Waals surface area contributed by atoms with Gasteiger partial charge in [-0.05, 0) is 24.3 Å². The Morgan fingerprint density at radius 1 is 1.07 bits per heavy atom. The van der Waals surface area contributed by atoms with Crippen LogP contribution in [0, 0.1) is 0 Å². The molecule has 0 saturated heterocycles. The molecule has 0 unspecified atom stereocenters. The van der Waals surface area contributed by atoms with Crippen molar-refractivity contribution in [1.29, 1.82) is 0 Å². The van der Waals surface area contributed by atoms with Crippen LogP contribution in [0.1, 0.15) is 11.5 Å². The van der Waals surface area contributed by atoms with E-state index in [4.69, 9.17) is 18.7 Å². The zero-order valence-electron chi connectivity index (χ0n) is 17.3. The summed E-state index contributed by atoms with van der Waals surface area (Å²) in [6.07, 6.45) is 3.18. The van der Waals surface area contributed by atoms with Gasteiger partial charge in [0, 0.05) is 24.8 Å². The topological polar surface area (TPSA) is 86.9 Å². The lowest BCUT2D eigenvalue weighted by molar-refractivity contribution is -0.125. The number of hydrogen-bond acceptors (Lipinski definition) is 7. The number of rotatable bonds is 8. The Morgan fingerprint density at radius 2 is 1.83 bits per heavy atom. The van der Waals surface area contributed by atoms with Crippen molar-refractivity contribution in [3.63, 3.8) is 0 Å². The van der Waals surface area contributed by atoms with Crippen LogP contribution in [0.5, 0.6) is 17.2 Å². The fourth-order valence-electron chi connectivity index (χ4n) is 2.78. The lowest BCUT2D eigenvalue weighted by Crippen LogP contribution is -2.24. The third-order valence-electron chi connectivity index (χ3n) is 4.41. The molecule has 0 fully saturated rings. The molecule has 0 bridgehead atoms. The highest BCUT2D eigenvalue weighted by Gasteiger charge is 2.16. The summed E-state index contributed by atoms with van der Waals surface area (Å²) in [4.78, 5) is 18.3. The van der Waals surface area contributed by atoms with E-state index in [9.17, 15) is 4.79 Å². The summed E-state index contributed by atoms with van der Waals surface area (Å²) in [7, 11) is 6.38. The van der Waals surface area contributed by atoms with Crippen molar-refractivity contribution < 1.29 is 23.5 Å². The second-order valence-corrected chi connectivity index (χ2v) is 6.35. The van der Waals surface area contributed by atoms with Gasteiger partial charge in [-0.25, -0.2) is 0 Å². The van der Waals surface area contributed by atoms with Crippen molar-refractivity contribution >= 4 is 12.0 Å². The number of benzene rings is 2. The van der Waals surface area contributed by atoms with E-state index < -0.39 is 0 Å². The summed E-state index contributed by atoms with van der Waals surface area (Å²) in [5, 5.41) is 4.00. The molecule has 0 spiro atoms. The maximum absolute atomic E-state index is 12.4. The third-order valence-corrected chi connectivity index (χ3v) is 4.41. The molecule has 8 nitrogen and oxygen atoms in total. The summed E-state index contributed by atoms with van der Waals surface area (Å²) in [5.74, 6) is 2.39. The van der Waals surface area contributed by atoms with Gasteiger partial charge in [0.1, 0.15) is 17.2 Å². The van der Waals surface area contributed by atoms with E-state index in [2.05, 4.69) is 10.1 Å². The lowest BCUT2D eigenvalue weighted by Gasteiger charge is -2.12. The number of carbonyl (C=O) groups excluding carboxylic acids is 1. The van der Waals surface area contributed by atoms with E-state index in [1.807, 2.05) is 24.3 Å². The molecule has 1 amide bonds. The van der Waals surface area contributed by atoms with Crippen LogP contribution >= 0.6 is 0 Å². The Kier molecular flexibility index (Phi) is 6.69. The standard InChI is InChI=1S/C22H23N3O5/c1-25(21(26)12-9-15-7-5-6-8-18(15)28-3)14-20-23-22(24-30-20)17-11-10-16(27-2)13-19(17)29-4/h5-13H,14H2,1-4H3/b12-9+. The number of para-hydroxylation sites is 1. The zero-order valence-corrected chi connectivity index (χ0v) is 17.3. The van der Waals surface area contributed by atoms with Gasteiger partial charge in [-0.2, -0.15) is 4.98 Å². The maximum Gasteiger partial charge on any atom is 0.246 e. The number of likely N-dealkylation sites (N-methyl/N-ethyl adjacent to an activating group) is 1. The second-order valence-electron chi connectivity index (χ2n) is 6.35. The molecule has 0 saturated carbocycles. The fraction of sp³-hybridized carbons (Fsp3) is 0.227. The van der Waals surface area contributed by atoms with E-state index in [0.29, 0.717) is 34.5 Å². The molecule has 3 aromatic rings. The first-order valence-electron chi connectivity index (χ1n) is 9.17. The van der Waals surface area contributed by atoms with Crippen LogP contribution in [0.4, 0.5) is 0 Å². The quantitative estimate of drug-likeness (QED) is 0.527. The number of methoxy groups -OCH3 is 3. The molecule has 3 rings (SSSR count). The predicted molar refractivity (Wildman–Crippen MR) is 111 cm³/mol. The number of aromatic nitrogens is 2. The SMILES string of the molecule is COc1ccc(-c2noc(CN(C)C(=O)/C=C/c3ccccc3OC)n2)c(OC)c1. The average molecular weight is 409 g/mol. The minimum absolute atomic E-state index is 0.167. The predicted octanol–water partition coefficient (Wildman–Crippen LogP) is 3.43. The molecule has 0 aliphatic rings. The van der Waals surface area contributed by atoms with Crippen LogP contribution < -0.4 is 14.2 Å². The number of carbonyl (C=O) groups is 1. The van der Waals surface area contributed by atoms with Crippen LogP contribution in [0.25, 0.3) is 17.5 Å². The molecule has 0 aliphatic heterocycles. The maximum atomic E-state index is 12.4. The molecule has 2 aromatic carbocycles. The summed E-state index contributed by atoms with van der Waals surface area (Å²) in [6.45, 7) is 0.167. The van der Waals surface area contributed by atoms with Crippen LogP contribution in [0.3, 0.4) is 0 Å². The lowest BCUT2D eigenvalue weighted by atomic mass is 10.2. The highest BCUT2D eigenvalue weighted by molar-refractivity contribution is 5.91. The average Bonchev–Trinajstić information content (AvgIpc) is 3.25. The third kappa shape index (κ3) is 4.78. The van der Waals surface area contributed by atoms with Gasteiger partial charge < -0.3 is 23.6 Å². The van der Waals surface area contributed by atoms with Crippen LogP contribution in [0.15, 0.2) is 53.1 Å². The van der Waals surface area contributed by atoms with Gasteiger partial charge in [0.05, 0.1) is 33.4 Å². The number of nitrogens with zero attached hydrogens (tertiary/aromatic N) is 3. The van der Waals surface area contributed by atoms with Crippen molar-refractivity contribution in [3.05, 3.63) is 60.0 Å². The second kappa shape index (κ2) is 9.60.